The highest BCUT2D eigenvalue weighted by Crippen LogP contribution is 2.26. The zero-order valence-electron chi connectivity index (χ0n) is 12.6. The van der Waals surface area contributed by atoms with Gasteiger partial charge in [0.05, 0.1) is 12.2 Å². The maximum absolute atomic E-state index is 12.4. The largest absolute Gasteiger partial charge is 0.481 e. The molecule has 116 valence electrons. The number of carbonyl (C=O) groups is 2. The van der Waals surface area contributed by atoms with Crippen LogP contribution >= 0.6 is 0 Å². The van der Waals surface area contributed by atoms with E-state index in [9.17, 15) is 9.59 Å². The van der Waals surface area contributed by atoms with Crippen LogP contribution in [0.15, 0.2) is 18.7 Å². The van der Waals surface area contributed by atoms with Gasteiger partial charge in [0.1, 0.15) is 0 Å². The number of carboxylic acids is 1. The Labute approximate surface area is 124 Å². The van der Waals surface area contributed by atoms with E-state index in [4.69, 9.17) is 5.11 Å². The van der Waals surface area contributed by atoms with Gasteiger partial charge in [-0.15, -0.1) is 0 Å². The van der Waals surface area contributed by atoms with Gasteiger partial charge in [0.2, 0.25) is 5.91 Å². The van der Waals surface area contributed by atoms with Crippen molar-refractivity contribution in [1.29, 1.82) is 0 Å². The number of hydrogen-bond donors (Lipinski definition) is 1. The maximum atomic E-state index is 12.4. The molecule has 1 N–H and O–H groups in total. The van der Waals surface area contributed by atoms with Crippen LogP contribution in [0.4, 0.5) is 0 Å². The molecule has 21 heavy (non-hydrogen) atoms. The van der Waals surface area contributed by atoms with E-state index in [-0.39, 0.29) is 17.9 Å². The molecule has 0 radical (unpaired) electrons. The van der Waals surface area contributed by atoms with Crippen molar-refractivity contribution in [3.63, 3.8) is 0 Å². The molecule has 1 fully saturated rings. The van der Waals surface area contributed by atoms with E-state index in [0.717, 1.165) is 12.8 Å². The van der Waals surface area contributed by atoms with Crippen molar-refractivity contribution in [2.75, 3.05) is 13.1 Å². The lowest BCUT2D eigenvalue weighted by atomic mass is 9.99. The van der Waals surface area contributed by atoms with Gasteiger partial charge in [-0.3, -0.25) is 9.59 Å². The topological polar surface area (TPSA) is 75.4 Å². The zero-order chi connectivity index (χ0) is 15.4. The van der Waals surface area contributed by atoms with Gasteiger partial charge in [0.15, 0.2) is 0 Å². The molecule has 0 aliphatic carbocycles. The Morgan fingerprint density at radius 1 is 1.43 bits per heavy atom. The molecule has 2 heterocycles. The molecule has 1 amide bonds. The van der Waals surface area contributed by atoms with Crippen LogP contribution in [0, 0.1) is 11.8 Å². The van der Waals surface area contributed by atoms with Gasteiger partial charge < -0.3 is 14.6 Å². The van der Waals surface area contributed by atoms with Crippen molar-refractivity contribution >= 4 is 11.9 Å². The first kappa shape index (κ1) is 15.5. The Hall–Kier alpha value is -1.85. The van der Waals surface area contributed by atoms with Gasteiger partial charge in [-0.2, -0.15) is 0 Å². The molecule has 3 atom stereocenters. The minimum atomic E-state index is -0.808. The molecule has 0 bridgehead atoms. The summed E-state index contributed by atoms with van der Waals surface area (Å²) in [5.41, 5.74) is 0. The third kappa shape index (κ3) is 3.62. The molecule has 1 aromatic rings. The van der Waals surface area contributed by atoms with Gasteiger partial charge in [-0.25, -0.2) is 4.98 Å². The van der Waals surface area contributed by atoms with Crippen LogP contribution in [-0.2, 0) is 9.59 Å². The van der Waals surface area contributed by atoms with Crippen molar-refractivity contribution in [2.45, 2.75) is 39.2 Å². The number of carbonyl (C=O) groups excluding carboxylic acids is 1. The van der Waals surface area contributed by atoms with Crippen molar-refractivity contribution in [1.82, 2.24) is 14.5 Å². The van der Waals surface area contributed by atoms with E-state index in [2.05, 4.69) is 11.9 Å². The van der Waals surface area contributed by atoms with Crippen LogP contribution in [0.2, 0.25) is 0 Å². The summed E-state index contributed by atoms with van der Waals surface area (Å²) in [6, 6.07) is 0.101. The predicted molar refractivity (Wildman–Crippen MR) is 77.7 cm³/mol. The Bertz CT molecular complexity index is 486. The number of nitrogens with zero attached hydrogens (tertiary/aromatic N) is 3. The normalized spacial score (nSPS) is 23.2. The summed E-state index contributed by atoms with van der Waals surface area (Å²) in [7, 11) is 0. The lowest BCUT2D eigenvalue weighted by Gasteiger charge is -2.22. The Balaban J connectivity index is 1.98. The number of imidazole rings is 1. The number of carboxylic acid groups (broad SMARTS) is 1. The summed E-state index contributed by atoms with van der Waals surface area (Å²) in [5.74, 6) is -1.19. The first-order valence-corrected chi connectivity index (χ1v) is 7.51. The average molecular weight is 293 g/mol. The average Bonchev–Trinajstić information content (AvgIpc) is 3.07. The predicted octanol–water partition coefficient (Wildman–Crippen LogP) is 1.79. The van der Waals surface area contributed by atoms with Crippen molar-refractivity contribution in [3.8, 4) is 0 Å². The second kappa shape index (κ2) is 6.74. The number of aromatic nitrogens is 2. The number of likely N-dealkylation sites (tertiary alicyclic amines) is 1. The number of rotatable bonds is 6. The van der Waals surface area contributed by atoms with E-state index in [1.165, 1.54) is 0 Å². The summed E-state index contributed by atoms with van der Waals surface area (Å²) in [4.78, 5) is 29.3. The second-order valence-corrected chi connectivity index (χ2v) is 5.88. The molecule has 1 saturated heterocycles. The SMILES string of the molecule is CCCC(CC(=O)N1C[C@@H](C)[C@H](C(=O)O)C1)n1ccnc1. The smallest absolute Gasteiger partial charge is 0.308 e. The molecular formula is C15H23N3O3. The summed E-state index contributed by atoms with van der Waals surface area (Å²) in [5, 5.41) is 9.15. The van der Waals surface area contributed by atoms with E-state index in [1.807, 2.05) is 17.7 Å². The highest BCUT2D eigenvalue weighted by atomic mass is 16.4. The fraction of sp³-hybridized carbons (Fsp3) is 0.667. The Morgan fingerprint density at radius 3 is 2.71 bits per heavy atom. The summed E-state index contributed by atoms with van der Waals surface area (Å²) >= 11 is 0. The third-order valence-electron chi connectivity index (χ3n) is 4.26. The standard InChI is InChI=1S/C15H23N3O3/c1-3-4-12(17-6-5-16-10-17)7-14(19)18-8-11(2)13(9-18)15(20)21/h5-6,10-13H,3-4,7-9H2,1-2H3,(H,20,21)/t11-,12?,13-/m1/s1. The number of hydrogen-bond acceptors (Lipinski definition) is 3. The second-order valence-electron chi connectivity index (χ2n) is 5.88. The van der Waals surface area contributed by atoms with Crippen LogP contribution in [0.25, 0.3) is 0 Å². The molecule has 0 aromatic carbocycles. The van der Waals surface area contributed by atoms with Crippen LogP contribution in [0.3, 0.4) is 0 Å². The van der Waals surface area contributed by atoms with Gasteiger partial charge in [0.25, 0.3) is 0 Å². The monoisotopic (exact) mass is 293 g/mol. The minimum absolute atomic E-state index is 0.0179. The quantitative estimate of drug-likeness (QED) is 0.867. The van der Waals surface area contributed by atoms with Crippen molar-refractivity contribution in [2.24, 2.45) is 11.8 Å². The fourth-order valence-corrected chi connectivity index (χ4v) is 3.00. The molecule has 1 aliphatic rings. The van der Waals surface area contributed by atoms with E-state index >= 15 is 0 Å². The lowest BCUT2D eigenvalue weighted by molar-refractivity contribution is -0.142. The van der Waals surface area contributed by atoms with E-state index < -0.39 is 11.9 Å². The molecule has 2 rings (SSSR count). The lowest BCUT2D eigenvalue weighted by Crippen LogP contribution is -2.31. The number of amides is 1. The molecule has 0 saturated carbocycles. The van der Waals surface area contributed by atoms with E-state index in [0.29, 0.717) is 19.5 Å². The molecular weight excluding hydrogens is 270 g/mol. The van der Waals surface area contributed by atoms with Gasteiger partial charge >= 0.3 is 5.97 Å². The molecule has 1 aliphatic heterocycles. The summed E-state index contributed by atoms with van der Waals surface area (Å²) in [6.07, 6.45) is 7.63. The molecule has 1 aromatic heterocycles. The van der Waals surface area contributed by atoms with Crippen molar-refractivity contribution in [3.05, 3.63) is 18.7 Å². The fourth-order valence-electron chi connectivity index (χ4n) is 3.00. The van der Waals surface area contributed by atoms with Gasteiger partial charge in [-0.05, 0) is 12.3 Å². The summed E-state index contributed by atoms with van der Waals surface area (Å²) < 4.78 is 1.97. The van der Waals surface area contributed by atoms with Gasteiger partial charge in [0, 0.05) is 37.9 Å². The molecule has 1 unspecified atom stereocenters. The zero-order valence-corrected chi connectivity index (χ0v) is 12.6. The van der Waals surface area contributed by atoms with E-state index in [1.54, 1.807) is 17.4 Å². The first-order valence-electron chi connectivity index (χ1n) is 7.51. The summed E-state index contributed by atoms with van der Waals surface area (Å²) in [6.45, 7) is 4.86. The minimum Gasteiger partial charge on any atom is -0.481 e. The molecule has 0 spiro atoms. The maximum Gasteiger partial charge on any atom is 0.308 e. The number of aliphatic carboxylic acids is 1. The highest BCUT2D eigenvalue weighted by molar-refractivity contribution is 5.79. The Morgan fingerprint density at radius 2 is 2.19 bits per heavy atom. The third-order valence-corrected chi connectivity index (χ3v) is 4.26. The van der Waals surface area contributed by atoms with Crippen molar-refractivity contribution < 1.29 is 14.7 Å². The Kier molecular flexibility index (Phi) is 4.98. The van der Waals surface area contributed by atoms with Crippen LogP contribution < -0.4 is 0 Å². The highest BCUT2D eigenvalue weighted by Gasteiger charge is 2.37. The first-order chi connectivity index (χ1) is 10.0. The molecule has 6 nitrogen and oxygen atoms in total. The van der Waals surface area contributed by atoms with Crippen LogP contribution in [-0.4, -0.2) is 44.5 Å². The molecule has 6 heteroatoms. The van der Waals surface area contributed by atoms with Crippen LogP contribution in [0.1, 0.15) is 39.2 Å². The van der Waals surface area contributed by atoms with Gasteiger partial charge in [-0.1, -0.05) is 20.3 Å². The van der Waals surface area contributed by atoms with Crippen LogP contribution in [0.5, 0.6) is 0 Å².